The number of ether oxygens (including phenoxy) is 7. The highest BCUT2D eigenvalue weighted by Gasteiger charge is 2.15. The molecule has 10 nitrogen and oxygen atoms in total. The molecule has 1 aromatic carbocycles. The van der Waals surface area contributed by atoms with E-state index in [0.717, 1.165) is 0 Å². The number of hydrogen-bond donors (Lipinski definition) is 1. The van der Waals surface area contributed by atoms with Gasteiger partial charge in [0.05, 0.1) is 71.6 Å². The van der Waals surface area contributed by atoms with E-state index >= 15 is 0 Å². The Labute approximate surface area is 202 Å². The van der Waals surface area contributed by atoms with Gasteiger partial charge in [0.2, 0.25) is 0 Å². The molecule has 1 rings (SSSR count). The normalized spacial score (nSPS) is 11.3. The second-order valence-electron chi connectivity index (χ2n) is 7.99. The number of esters is 1. The number of carbonyl (C=O) groups is 2. The van der Waals surface area contributed by atoms with Crippen molar-refractivity contribution in [3.8, 4) is 0 Å². The van der Waals surface area contributed by atoms with Crippen LogP contribution >= 0.6 is 0 Å². The second-order valence-corrected chi connectivity index (χ2v) is 7.99. The van der Waals surface area contributed by atoms with E-state index in [2.05, 4.69) is 5.32 Å². The molecule has 0 heterocycles. The van der Waals surface area contributed by atoms with E-state index in [-0.39, 0.29) is 12.6 Å². The van der Waals surface area contributed by atoms with Gasteiger partial charge in [-0.2, -0.15) is 0 Å². The van der Waals surface area contributed by atoms with Crippen LogP contribution in [0.3, 0.4) is 0 Å². The minimum Gasteiger partial charge on any atom is -0.460 e. The van der Waals surface area contributed by atoms with Crippen LogP contribution in [-0.4, -0.2) is 96.9 Å². The van der Waals surface area contributed by atoms with Gasteiger partial charge in [-0.05, 0) is 32.9 Å². The lowest BCUT2D eigenvalue weighted by molar-refractivity contribution is -0.0151. The van der Waals surface area contributed by atoms with E-state index < -0.39 is 11.7 Å². The molecule has 0 spiro atoms. The van der Waals surface area contributed by atoms with E-state index in [0.29, 0.717) is 78.2 Å². The van der Waals surface area contributed by atoms with E-state index in [9.17, 15) is 9.59 Å². The molecule has 0 aliphatic carbocycles. The summed E-state index contributed by atoms with van der Waals surface area (Å²) in [5.41, 5.74) is 0.0122. The molecule has 0 unspecified atom stereocenters. The lowest BCUT2D eigenvalue weighted by atomic mass is 10.2. The fourth-order valence-electron chi connectivity index (χ4n) is 2.37. The number of amides is 1. The van der Waals surface area contributed by atoms with Crippen LogP contribution in [0, 0.1) is 0 Å². The molecule has 0 aliphatic heterocycles. The van der Waals surface area contributed by atoms with Gasteiger partial charge in [0.15, 0.2) is 0 Å². The first-order chi connectivity index (χ1) is 16.4. The Bertz CT molecular complexity index is 650. The first-order valence-corrected chi connectivity index (χ1v) is 11.5. The molecule has 0 aromatic heterocycles. The van der Waals surface area contributed by atoms with Gasteiger partial charge in [0.25, 0.3) is 0 Å². The van der Waals surface area contributed by atoms with Crippen molar-refractivity contribution in [1.29, 1.82) is 0 Å². The number of alkyl carbamates (subject to hydrolysis) is 1. The average molecular weight is 486 g/mol. The zero-order valence-corrected chi connectivity index (χ0v) is 20.5. The van der Waals surface area contributed by atoms with Gasteiger partial charge in [-0.1, -0.05) is 18.2 Å². The Hall–Kier alpha value is -2.24. The van der Waals surface area contributed by atoms with Gasteiger partial charge in [-0.25, -0.2) is 9.59 Å². The van der Waals surface area contributed by atoms with Gasteiger partial charge in [-0.3, -0.25) is 0 Å². The molecule has 10 heteroatoms. The van der Waals surface area contributed by atoms with E-state index in [1.165, 1.54) is 0 Å². The van der Waals surface area contributed by atoms with Gasteiger partial charge in [0.1, 0.15) is 12.2 Å². The Kier molecular flexibility index (Phi) is 16.7. The van der Waals surface area contributed by atoms with Crippen molar-refractivity contribution in [2.45, 2.75) is 26.4 Å². The van der Waals surface area contributed by atoms with E-state index in [1.54, 1.807) is 24.3 Å². The number of nitrogens with one attached hydrogen (secondary N) is 1. The average Bonchev–Trinajstić information content (AvgIpc) is 2.79. The maximum atomic E-state index is 11.7. The summed E-state index contributed by atoms with van der Waals surface area (Å²) in [6.45, 7) is 10.3. The number of carbonyl (C=O) groups excluding carboxylic acids is 2. The molecule has 0 atom stereocenters. The van der Waals surface area contributed by atoms with Crippen molar-refractivity contribution in [3.63, 3.8) is 0 Å². The molecule has 194 valence electrons. The second kappa shape index (κ2) is 19.1. The van der Waals surface area contributed by atoms with Gasteiger partial charge in [-0.15, -0.1) is 0 Å². The summed E-state index contributed by atoms with van der Waals surface area (Å²) in [4.78, 5) is 23.2. The van der Waals surface area contributed by atoms with Crippen molar-refractivity contribution < 1.29 is 42.7 Å². The third-order valence-corrected chi connectivity index (χ3v) is 3.87. The van der Waals surface area contributed by atoms with Crippen molar-refractivity contribution in [3.05, 3.63) is 35.9 Å². The molecule has 1 aromatic rings. The largest absolute Gasteiger partial charge is 0.460 e. The lowest BCUT2D eigenvalue weighted by Gasteiger charge is -2.19. The molecule has 0 fully saturated rings. The summed E-state index contributed by atoms with van der Waals surface area (Å²) >= 11 is 0. The molecular weight excluding hydrogens is 446 g/mol. The maximum absolute atomic E-state index is 11.7. The molecule has 0 bridgehead atoms. The molecule has 0 aliphatic rings. The third kappa shape index (κ3) is 18.2. The number of benzene rings is 1. The Morgan fingerprint density at radius 1 is 0.676 bits per heavy atom. The highest BCUT2D eigenvalue weighted by atomic mass is 16.6. The van der Waals surface area contributed by atoms with Crippen molar-refractivity contribution in [2.24, 2.45) is 0 Å². The quantitative estimate of drug-likeness (QED) is 0.233. The summed E-state index contributed by atoms with van der Waals surface area (Å²) in [5.74, 6) is -0.360. The molecule has 0 saturated carbocycles. The molecule has 34 heavy (non-hydrogen) atoms. The first-order valence-electron chi connectivity index (χ1n) is 11.5. The van der Waals surface area contributed by atoms with Crippen LogP contribution in [0.25, 0.3) is 0 Å². The van der Waals surface area contributed by atoms with Crippen LogP contribution in [0.5, 0.6) is 0 Å². The minimum atomic E-state index is -0.510. The molecule has 1 N–H and O–H groups in total. The minimum absolute atomic E-state index is 0.199. The van der Waals surface area contributed by atoms with Crippen molar-refractivity contribution in [1.82, 2.24) is 5.32 Å². The van der Waals surface area contributed by atoms with Crippen LogP contribution < -0.4 is 5.32 Å². The monoisotopic (exact) mass is 485 g/mol. The van der Waals surface area contributed by atoms with Crippen LogP contribution in [0.15, 0.2) is 30.3 Å². The van der Waals surface area contributed by atoms with Crippen LogP contribution in [-0.2, 0) is 33.2 Å². The Balaban J connectivity index is 1.74. The summed E-state index contributed by atoms with van der Waals surface area (Å²) < 4.78 is 37.1. The van der Waals surface area contributed by atoms with Crippen molar-refractivity contribution in [2.75, 3.05) is 79.2 Å². The number of hydrogen-bond acceptors (Lipinski definition) is 9. The van der Waals surface area contributed by atoms with Crippen LogP contribution in [0.1, 0.15) is 31.1 Å². The lowest BCUT2D eigenvalue weighted by Crippen LogP contribution is -2.34. The molecule has 0 saturated heterocycles. The van der Waals surface area contributed by atoms with Gasteiger partial charge in [0, 0.05) is 6.54 Å². The van der Waals surface area contributed by atoms with Crippen molar-refractivity contribution >= 4 is 12.1 Å². The first kappa shape index (κ1) is 29.8. The number of rotatable bonds is 19. The predicted octanol–water partition coefficient (Wildman–Crippen LogP) is 2.45. The maximum Gasteiger partial charge on any atom is 0.407 e. The standard InChI is InChI=1S/C24H39NO9/c1-24(2,3)34-23(27)25-9-10-28-11-12-29-13-14-30-15-16-31-17-18-32-19-20-33-22(26)21-7-5-4-6-8-21/h4-8H,9-20H2,1-3H3,(H,25,27). The summed E-state index contributed by atoms with van der Waals surface area (Å²) in [6, 6.07) is 8.83. The molecule has 0 radical (unpaired) electrons. The smallest absolute Gasteiger partial charge is 0.407 e. The SMILES string of the molecule is CC(C)(C)OC(=O)NCCOCCOCCOCCOCCOCCOC(=O)c1ccccc1. The molecular formula is C24H39NO9. The Morgan fingerprint density at radius 2 is 1.12 bits per heavy atom. The Morgan fingerprint density at radius 3 is 1.59 bits per heavy atom. The fourth-order valence-corrected chi connectivity index (χ4v) is 2.37. The molecule has 1 amide bonds. The van der Waals surface area contributed by atoms with Gasteiger partial charge < -0.3 is 38.5 Å². The summed E-state index contributed by atoms with van der Waals surface area (Å²) in [5, 5.41) is 2.62. The zero-order valence-electron chi connectivity index (χ0n) is 20.5. The highest BCUT2D eigenvalue weighted by molar-refractivity contribution is 5.89. The fraction of sp³-hybridized carbons (Fsp3) is 0.667. The summed E-state index contributed by atoms with van der Waals surface area (Å²) in [6.07, 6.45) is -0.456. The topological polar surface area (TPSA) is 111 Å². The third-order valence-electron chi connectivity index (χ3n) is 3.87. The predicted molar refractivity (Wildman–Crippen MR) is 125 cm³/mol. The van der Waals surface area contributed by atoms with E-state index in [4.69, 9.17) is 33.2 Å². The highest BCUT2D eigenvalue weighted by Crippen LogP contribution is 2.06. The summed E-state index contributed by atoms with van der Waals surface area (Å²) in [7, 11) is 0. The van der Waals surface area contributed by atoms with E-state index in [1.807, 2.05) is 26.8 Å². The van der Waals surface area contributed by atoms with Gasteiger partial charge >= 0.3 is 12.1 Å². The van der Waals surface area contributed by atoms with Crippen LogP contribution in [0.4, 0.5) is 4.79 Å². The zero-order chi connectivity index (χ0) is 24.9. The van der Waals surface area contributed by atoms with Crippen LogP contribution in [0.2, 0.25) is 0 Å².